The summed E-state index contributed by atoms with van der Waals surface area (Å²) in [6, 6.07) is 9.11. The molecule has 0 saturated carbocycles. The molecule has 2 atom stereocenters. The minimum Gasteiger partial charge on any atom is -0.768 e. The molecule has 0 aliphatic heterocycles. The minimum absolute atomic E-state index is 0.0380. The zero-order chi connectivity index (χ0) is 21.8. The summed E-state index contributed by atoms with van der Waals surface area (Å²) in [6.45, 7) is 4.62. The third kappa shape index (κ3) is 5.81. The van der Waals surface area contributed by atoms with Gasteiger partial charge >= 0.3 is 5.97 Å². The first-order chi connectivity index (χ1) is 13.5. The van der Waals surface area contributed by atoms with E-state index in [-0.39, 0.29) is 16.6 Å². The van der Waals surface area contributed by atoms with Crippen LogP contribution in [-0.2, 0) is 21.5 Å². The van der Waals surface area contributed by atoms with E-state index in [2.05, 4.69) is 11.8 Å². The number of ether oxygens (including phenoxy) is 1. The van der Waals surface area contributed by atoms with Gasteiger partial charge in [-0.05, 0) is 59.8 Å². The Morgan fingerprint density at radius 1 is 1.28 bits per heavy atom. The van der Waals surface area contributed by atoms with Crippen LogP contribution >= 0.6 is 11.6 Å². The first kappa shape index (κ1) is 22.9. The second kappa shape index (κ2) is 9.42. The van der Waals surface area contributed by atoms with Gasteiger partial charge in [-0.2, -0.15) is 0 Å². The van der Waals surface area contributed by atoms with Crippen LogP contribution in [0.3, 0.4) is 0 Å². The molecule has 2 aromatic rings. The molecule has 0 amide bonds. The highest BCUT2D eigenvalue weighted by Gasteiger charge is 2.30. The molecule has 2 unspecified atom stereocenters. The Kier molecular flexibility index (Phi) is 7.44. The maximum Gasteiger partial charge on any atom is 0.341 e. The summed E-state index contributed by atoms with van der Waals surface area (Å²) in [5.74, 6) is 4.56. The summed E-state index contributed by atoms with van der Waals surface area (Å²) < 4.78 is 28.6. The number of hydrogen-bond donors (Lipinski definition) is 2. The van der Waals surface area contributed by atoms with Gasteiger partial charge in [-0.15, -0.1) is 0 Å². The van der Waals surface area contributed by atoms with Gasteiger partial charge in [0.2, 0.25) is 0 Å². The second-order valence-electron chi connectivity index (χ2n) is 6.82. The van der Waals surface area contributed by atoms with Crippen molar-refractivity contribution in [1.82, 2.24) is 0 Å². The highest BCUT2D eigenvalue weighted by atomic mass is 35.5. The Morgan fingerprint density at radius 2 is 1.97 bits per heavy atom. The van der Waals surface area contributed by atoms with E-state index in [9.17, 15) is 18.7 Å². The number of hydrogen-bond acceptors (Lipinski definition) is 5. The fourth-order valence-corrected chi connectivity index (χ4v) is 3.32. The van der Waals surface area contributed by atoms with Crippen LogP contribution in [0.25, 0.3) is 0 Å². The molecule has 6 nitrogen and oxygen atoms in total. The lowest BCUT2D eigenvalue weighted by Crippen LogP contribution is -2.29. The van der Waals surface area contributed by atoms with Crippen molar-refractivity contribution in [2.75, 3.05) is 6.61 Å². The topological polar surface area (TPSA) is 107 Å². The molecule has 2 rings (SSSR count). The van der Waals surface area contributed by atoms with Crippen LogP contribution in [0.15, 0.2) is 41.3 Å². The quantitative estimate of drug-likeness (QED) is 0.532. The number of rotatable bonds is 6. The van der Waals surface area contributed by atoms with Crippen LogP contribution in [0, 0.1) is 17.8 Å². The molecule has 0 bridgehead atoms. The second-order valence-corrected chi connectivity index (χ2v) is 8.17. The van der Waals surface area contributed by atoms with E-state index in [4.69, 9.17) is 21.4 Å². The Balaban J connectivity index is 2.46. The van der Waals surface area contributed by atoms with Crippen molar-refractivity contribution in [1.29, 1.82) is 0 Å². The van der Waals surface area contributed by atoms with Crippen LogP contribution in [-0.4, -0.2) is 31.6 Å². The van der Waals surface area contributed by atoms with E-state index in [1.165, 1.54) is 24.3 Å². The highest BCUT2D eigenvalue weighted by Crippen LogP contribution is 2.33. The van der Waals surface area contributed by atoms with E-state index >= 15 is 0 Å². The maximum absolute atomic E-state index is 11.7. The Hall–Kier alpha value is -2.37. The number of aliphatic hydroxyl groups is 1. The summed E-state index contributed by atoms with van der Waals surface area (Å²) in [5, 5.41) is 19.8. The maximum atomic E-state index is 11.7. The van der Waals surface area contributed by atoms with E-state index in [0.29, 0.717) is 21.7 Å². The van der Waals surface area contributed by atoms with Crippen LogP contribution < -0.4 is 4.74 Å². The first-order valence-electron chi connectivity index (χ1n) is 8.64. The molecular weight excluding hydrogens is 416 g/mol. The van der Waals surface area contributed by atoms with Gasteiger partial charge in [-0.3, -0.25) is 4.21 Å². The molecule has 0 fully saturated rings. The molecule has 2 N–H and O–H groups in total. The SMILES string of the molecule is CC(C)C(C)(O)c1ccc(C#Cc2cc(Cl)ccc2OCC(=O)O)cc1S(=O)[O-]. The summed E-state index contributed by atoms with van der Waals surface area (Å²) >= 11 is 3.41. The van der Waals surface area contributed by atoms with Crippen molar-refractivity contribution in [3.63, 3.8) is 0 Å². The summed E-state index contributed by atoms with van der Waals surface area (Å²) in [4.78, 5) is 10.7. The van der Waals surface area contributed by atoms with E-state index in [1.807, 2.05) is 0 Å². The predicted octanol–water partition coefficient (Wildman–Crippen LogP) is 3.30. The number of halogens is 1. The zero-order valence-corrected chi connectivity index (χ0v) is 17.6. The monoisotopic (exact) mass is 435 g/mol. The molecule has 8 heteroatoms. The van der Waals surface area contributed by atoms with Crippen molar-refractivity contribution in [3.8, 4) is 17.6 Å². The molecule has 0 radical (unpaired) electrons. The van der Waals surface area contributed by atoms with Crippen molar-refractivity contribution >= 4 is 28.7 Å². The molecule has 0 spiro atoms. The minimum atomic E-state index is -2.57. The fraction of sp³-hybridized carbons (Fsp3) is 0.286. The molecule has 0 aliphatic rings. The lowest BCUT2D eigenvalue weighted by atomic mass is 9.85. The number of aliphatic carboxylic acids is 1. The van der Waals surface area contributed by atoms with Crippen molar-refractivity contribution in [2.45, 2.75) is 31.3 Å². The molecule has 0 aliphatic carbocycles. The van der Waals surface area contributed by atoms with Crippen LogP contribution in [0.5, 0.6) is 5.75 Å². The Bertz CT molecular complexity index is 1000. The molecule has 0 saturated heterocycles. The van der Waals surface area contributed by atoms with Gasteiger partial charge in [0.1, 0.15) is 5.75 Å². The molecule has 0 aromatic heterocycles. The van der Waals surface area contributed by atoms with Gasteiger partial charge in [-0.25, -0.2) is 4.79 Å². The van der Waals surface area contributed by atoms with E-state index in [0.717, 1.165) is 0 Å². The van der Waals surface area contributed by atoms with Gasteiger partial charge < -0.3 is 19.5 Å². The normalized spacial score (nSPS) is 13.9. The van der Waals surface area contributed by atoms with Crippen LogP contribution in [0.4, 0.5) is 0 Å². The Labute approximate surface area is 176 Å². The number of benzene rings is 2. The average Bonchev–Trinajstić information content (AvgIpc) is 2.64. The summed E-state index contributed by atoms with van der Waals surface area (Å²) in [6.07, 6.45) is 0. The first-order valence-corrected chi connectivity index (χ1v) is 10.1. The van der Waals surface area contributed by atoms with Crippen LogP contribution in [0.1, 0.15) is 37.5 Å². The number of carboxylic acid groups (broad SMARTS) is 1. The summed E-state index contributed by atoms with van der Waals surface area (Å²) in [5.41, 5.74) is -0.273. The zero-order valence-electron chi connectivity index (χ0n) is 16.1. The predicted molar refractivity (Wildman–Crippen MR) is 109 cm³/mol. The number of carbonyl (C=O) groups is 1. The molecule has 29 heavy (non-hydrogen) atoms. The molecule has 0 heterocycles. The third-order valence-electron chi connectivity index (χ3n) is 4.46. The lowest BCUT2D eigenvalue weighted by Gasteiger charge is -2.31. The van der Waals surface area contributed by atoms with Crippen molar-refractivity contribution in [2.24, 2.45) is 5.92 Å². The molecule has 154 valence electrons. The van der Waals surface area contributed by atoms with Gasteiger partial charge in [0.05, 0.1) is 11.2 Å². The van der Waals surface area contributed by atoms with Crippen molar-refractivity contribution < 1.29 is 28.5 Å². The fourth-order valence-electron chi connectivity index (χ4n) is 2.47. The molecule has 2 aromatic carbocycles. The van der Waals surface area contributed by atoms with Crippen molar-refractivity contribution in [3.05, 3.63) is 58.1 Å². The third-order valence-corrected chi connectivity index (χ3v) is 5.40. The van der Waals surface area contributed by atoms with Gasteiger partial charge in [0.15, 0.2) is 6.61 Å². The Morgan fingerprint density at radius 3 is 2.55 bits per heavy atom. The number of carboxylic acids is 1. The smallest absolute Gasteiger partial charge is 0.341 e. The largest absolute Gasteiger partial charge is 0.768 e. The standard InChI is InChI=1S/C21H21ClO6S/c1-13(2)21(3,25)17-8-5-14(10-19(17)29(26)27)4-6-15-11-16(22)7-9-18(15)28-12-20(23)24/h5,7-11,13,25H,12H2,1-3H3,(H,23,24)(H,26,27)/p-1. The van der Waals surface area contributed by atoms with Gasteiger partial charge in [0, 0.05) is 15.5 Å². The van der Waals surface area contributed by atoms with E-state index in [1.54, 1.807) is 32.9 Å². The lowest BCUT2D eigenvalue weighted by molar-refractivity contribution is -0.139. The van der Waals surface area contributed by atoms with Gasteiger partial charge in [-0.1, -0.05) is 43.4 Å². The molecular formula is C21H20ClO6S-. The summed E-state index contributed by atoms with van der Waals surface area (Å²) in [7, 11) is 0. The highest BCUT2D eigenvalue weighted by molar-refractivity contribution is 7.79. The van der Waals surface area contributed by atoms with E-state index < -0.39 is 29.3 Å². The van der Waals surface area contributed by atoms with Crippen LogP contribution in [0.2, 0.25) is 5.02 Å². The van der Waals surface area contributed by atoms with Gasteiger partial charge in [0.25, 0.3) is 0 Å². The average molecular weight is 436 g/mol.